The van der Waals surface area contributed by atoms with Crippen LogP contribution in [-0.2, 0) is 15.9 Å². The summed E-state index contributed by atoms with van der Waals surface area (Å²) in [5, 5.41) is 6.67. The van der Waals surface area contributed by atoms with Gasteiger partial charge in [-0.1, -0.05) is 12.1 Å². The van der Waals surface area contributed by atoms with Gasteiger partial charge in [-0.05, 0) is 57.2 Å². The lowest BCUT2D eigenvalue weighted by molar-refractivity contribution is 0.0168. The van der Waals surface area contributed by atoms with Crippen LogP contribution < -0.4 is 15.4 Å². The van der Waals surface area contributed by atoms with Crippen molar-refractivity contribution in [3.8, 4) is 5.75 Å². The molecule has 0 radical (unpaired) electrons. The zero-order valence-corrected chi connectivity index (χ0v) is 17.0. The van der Waals surface area contributed by atoms with E-state index < -0.39 is 0 Å². The van der Waals surface area contributed by atoms with Gasteiger partial charge in [0.25, 0.3) is 0 Å². The smallest absolute Gasteiger partial charge is 0.190 e. The standard InChI is InChI=1S/C21H35N3O3/c1-17(2)27-19-9-7-18(8-10-19)11-13-24-21(22-3)23-12-5-14-25-16-20-6-4-15-26-20/h7-10,17,20H,4-6,11-16H2,1-3H3,(H2,22,23,24). The first kappa shape index (κ1) is 21.5. The molecule has 6 heteroatoms. The molecule has 0 spiro atoms. The van der Waals surface area contributed by atoms with E-state index in [2.05, 4.69) is 27.8 Å². The molecule has 0 saturated carbocycles. The summed E-state index contributed by atoms with van der Waals surface area (Å²) in [6, 6.07) is 8.28. The van der Waals surface area contributed by atoms with Crippen molar-refractivity contribution in [1.82, 2.24) is 10.6 Å². The first-order valence-corrected chi connectivity index (χ1v) is 10.1. The average molecular weight is 378 g/mol. The highest BCUT2D eigenvalue weighted by atomic mass is 16.5. The van der Waals surface area contributed by atoms with E-state index in [4.69, 9.17) is 14.2 Å². The van der Waals surface area contributed by atoms with Gasteiger partial charge in [0.2, 0.25) is 0 Å². The Morgan fingerprint density at radius 2 is 2.00 bits per heavy atom. The van der Waals surface area contributed by atoms with E-state index in [1.165, 1.54) is 5.56 Å². The Morgan fingerprint density at radius 1 is 1.22 bits per heavy atom. The van der Waals surface area contributed by atoms with Gasteiger partial charge in [-0.15, -0.1) is 0 Å². The Balaban J connectivity index is 1.53. The molecule has 0 amide bonds. The average Bonchev–Trinajstić information content (AvgIpc) is 3.17. The summed E-state index contributed by atoms with van der Waals surface area (Å²) in [4.78, 5) is 4.26. The topological polar surface area (TPSA) is 64.1 Å². The highest BCUT2D eigenvalue weighted by Crippen LogP contribution is 2.14. The molecule has 152 valence electrons. The molecule has 1 saturated heterocycles. The van der Waals surface area contributed by atoms with Crippen LogP contribution in [0.1, 0.15) is 38.7 Å². The molecule has 1 aromatic rings. The molecule has 1 aliphatic rings. The lowest BCUT2D eigenvalue weighted by atomic mass is 10.1. The Labute approximate surface area is 163 Å². The lowest BCUT2D eigenvalue weighted by Gasteiger charge is -2.13. The maximum absolute atomic E-state index is 5.67. The van der Waals surface area contributed by atoms with E-state index in [-0.39, 0.29) is 6.10 Å². The fourth-order valence-electron chi connectivity index (χ4n) is 2.92. The highest BCUT2D eigenvalue weighted by Gasteiger charge is 2.14. The zero-order chi connectivity index (χ0) is 19.3. The summed E-state index contributed by atoms with van der Waals surface area (Å²) in [5.74, 6) is 1.75. The molecular formula is C21H35N3O3. The predicted molar refractivity (Wildman–Crippen MR) is 110 cm³/mol. The van der Waals surface area contributed by atoms with Crippen molar-refractivity contribution in [2.45, 2.75) is 51.7 Å². The molecule has 0 bridgehead atoms. The van der Waals surface area contributed by atoms with Gasteiger partial charge < -0.3 is 24.8 Å². The van der Waals surface area contributed by atoms with E-state index in [1.807, 2.05) is 26.0 Å². The summed E-state index contributed by atoms with van der Waals surface area (Å²) in [6.45, 7) is 8.08. The van der Waals surface area contributed by atoms with Gasteiger partial charge in [-0.25, -0.2) is 0 Å². The van der Waals surface area contributed by atoms with E-state index in [1.54, 1.807) is 7.05 Å². The van der Waals surface area contributed by atoms with Crippen molar-refractivity contribution < 1.29 is 14.2 Å². The summed E-state index contributed by atoms with van der Waals surface area (Å²) in [6.07, 6.45) is 4.68. The number of ether oxygens (including phenoxy) is 3. The molecule has 1 atom stereocenters. The molecule has 2 N–H and O–H groups in total. The van der Waals surface area contributed by atoms with Crippen molar-refractivity contribution in [2.75, 3.05) is 40.0 Å². The van der Waals surface area contributed by atoms with E-state index in [0.717, 1.165) is 63.7 Å². The van der Waals surface area contributed by atoms with Crippen LogP contribution in [0.5, 0.6) is 5.75 Å². The third kappa shape index (κ3) is 9.11. The SMILES string of the molecule is CN=C(NCCCOCC1CCCO1)NCCc1ccc(OC(C)C)cc1. The van der Waals surface area contributed by atoms with Crippen LogP contribution in [0.4, 0.5) is 0 Å². The molecule has 27 heavy (non-hydrogen) atoms. The fourth-order valence-corrected chi connectivity index (χ4v) is 2.92. The Bertz CT molecular complexity index is 540. The van der Waals surface area contributed by atoms with Crippen LogP contribution in [0.3, 0.4) is 0 Å². The van der Waals surface area contributed by atoms with Gasteiger partial charge in [0, 0.05) is 33.4 Å². The monoisotopic (exact) mass is 377 g/mol. The number of hydrogen-bond donors (Lipinski definition) is 2. The summed E-state index contributed by atoms with van der Waals surface area (Å²) in [5.41, 5.74) is 1.27. The van der Waals surface area contributed by atoms with Crippen LogP contribution in [0.25, 0.3) is 0 Å². The fraction of sp³-hybridized carbons (Fsp3) is 0.667. The van der Waals surface area contributed by atoms with Crippen molar-refractivity contribution in [3.63, 3.8) is 0 Å². The van der Waals surface area contributed by atoms with Crippen LogP contribution in [-0.4, -0.2) is 58.1 Å². The van der Waals surface area contributed by atoms with Crippen molar-refractivity contribution in [3.05, 3.63) is 29.8 Å². The van der Waals surface area contributed by atoms with Gasteiger partial charge in [0.15, 0.2) is 5.96 Å². The van der Waals surface area contributed by atoms with Crippen LogP contribution >= 0.6 is 0 Å². The molecule has 1 heterocycles. The first-order valence-electron chi connectivity index (χ1n) is 10.1. The number of benzene rings is 1. The zero-order valence-electron chi connectivity index (χ0n) is 17.0. The number of rotatable bonds is 11. The number of nitrogens with one attached hydrogen (secondary N) is 2. The molecule has 0 aliphatic carbocycles. The Hall–Kier alpha value is -1.79. The van der Waals surface area contributed by atoms with Crippen molar-refractivity contribution in [1.29, 1.82) is 0 Å². The Kier molecular flexibility index (Phi) is 10.0. The number of guanidine groups is 1. The summed E-state index contributed by atoms with van der Waals surface area (Å²) < 4.78 is 16.9. The molecule has 1 aromatic carbocycles. The first-order chi connectivity index (χ1) is 13.2. The highest BCUT2D eigenvalue weighted by molar-refractivity contribution is 5.79. The normalized spacial score (nSPS) is 17.3. The van der Waals surface area contributed by atoms with Gasteiger partial charge >= 0.3 is 0 Å². The molecule has 6 nitrogen and oxygen atoms in total. The molecule has 2 rings (SSSR count). The number of nitrogens with zero attached hydrogens (tertiary/aromatic N) is 1. The van der Waals surface area contributed by atoms with Gasteiger partial charge in [0.1, 0.15) is 5.75 Å². The third-order valence-electron chi connectivity index (χ3n) is 4.31. The summed E-state index contributed by atoms with van der Waals surface area (Å²) in [7, 11) is 1.79. The van der Waals surface area contributed by atoms with Crippen LogP contribution in [0.15, 0.2) is 29.3 Å². The van der Waals surface area contributed by atoms with E-state index in [0.29, 0.717) is 12.7 Å². The summed E-state index contributed by atoms with van der Waals surface area (Å²) >= 11 is 0. The predicted octanol–water partition coefficient (Wildman–Crippen LogP) is 2.77. The molecule has 0 aromatic heterocycles. The largest absolute Gasteiger partial charge is 0.491 e. The second-order valence-corrected chi connectivity index (χ2v) is 7.05. The van der Waals surface area contributed by atoms with Gasteiger partial charge in [0.05, 0.1) is 18.8 Å². The quantitative estimate of drug-likeness (QED) is 0.353. The minimum Gasteiger partial charge on any atom is -0.491 e. The van der Waals surface area contributed by atoms with Crippen molar-refractivity contribution >= 4 is 5.96 Å². The van der Waals surface area contributed by atoms with Gasteiger partial charge in [-0.3, -0.25) is 4.99 Å². The maximum atomic E-state index is 5.67. The second-order valence-electron chi connectivity index (χ2n) is 7.05. The minimum atomic E-state index is 0.202. The van der Waals surface area contributed by atoms with Crippen LogP contribution in [0.2, 0.25) is 0 Å². The third-order valence-corrected chi connectivity index (χ3v) is 4.31. The lowest BCUT2D eigenvalue weighted by Crippen LogP contribution is -2.39. The Morgan fingerprint density at radius 3 is 2.67 bits per heavy atom. The van der Waals surface area contributed by atoms with Crippen molar-refractivity contribution in [2.24, 2.45) is 4.99 Å². The van der Waals surface area contributed by atoms with E-state index in [9.17, 15) is 0 Å². The molecule has 1 unspecified atom stereocenters. The number of aliphatic imine (C=N–C) groups is 1. The number of hydrogen-bond acceptors (Lipinski definition) is 4. The minimum absolute atomic E-state index is 0.202. The maximum Gasteiger partial charge on any atom is 0.190 e. The molecule has 1 aliphatic heterocycles. The van der Waals surface area contributed by atoms with Gasteiger partial charge in [-0.2, -0.15) is 0 Å². The molecular weight excluding hydrogens is 342 g/mol. The molecule has 1 fully saturated rings. The second kappa shape index (κ2) is 12.6. The van der Waals surface area contributed by atoms with E-state index >= 15 is 0 Å². The van der Waals surface area contributed by atoms with Crippen LogP contribution in [0, 0.1) is 0 Å².